The van der Waals surface area contributed by atoms with Crippen molar-refractivity contribution in [3.8, 4) is 11.5 Å². The van der Waals surface area contributed by atoms with Gasteiger partial charge in [0.25, 0.3) is 0 Å². The first-order valence-electron chi connectivity index (χ1n) is 9.36. The minimum atomic E-state index is -5.76. The summed E-state index contributed by atoms with van der Waals surface area (Å²) in [7, 11) is 0. The van der Waals surface area contributed by atoms with Crippen molar-refractivity contribution in [2.24, 2.45) is 0 Å². The van der Waals surface area contributed by atoms with E-state index in [0.717, 1.165) is 5.56 Å². The van der Waals surface area contributed by atoms with Gasteiger partial charge in [-0.05, 0) is 43.3 Å². The van der Waals surface area contributed by atoms with Gasteiger partial charge in [0.15, 0.2) is 6.29 Å². The molecule has 0 saturated carbocycles. The van der Waals surface area contributed by atoms with E-state index in [0.29, 0.717) is 23.6 Å². The summed E-state index contributed by atoms with van der Waals surface area (Å²) < 4.78 is 61.6. The SMILES string of the molecule is Cc1oc(-c2ccccc2)nc1C=O.[O]=[Cr](=[O])([OH])[O][Cr](=[O])(=[O])[OH].c1ccncc1.c1ccncc1. The van der Waals surface area contributed by atoms with Crippen LogP contribution in [0.15, 0.2) is 95.9 Å². The molecule has 0 radical (unpaired) electrons. The van der Waals surface area contributed by atoms with E-state index in [1.54, 1.807) is 31.7 Å². The molecular formula is C21H21Cr2N3O9. The molecule has 2 N–H and O–H groups in total. The second kappa shape index (κ2) is 15.4. The molecule has 4 aromatic rings. The van der Waals surface area contributed by atoms with Crippen molar-refractivity contribution in [1.29, 1.82) is 0 Å². The van der Waals surface area contributed by atoms with Crippen LogP contribution in [0.25, 0.3) is 11.5 Å². The molecule has 0 amide bonds. The molecule has 14 heteroatoms. The molecule has 1 aromatic carbocycles. The fourth-order valence-corrected chi connectivity index (χ4v) is 3.69. The Kier molecular flexibility index (Phi) is 13.1. The number of rotatable bonds is 4. The fraction of sp³-hybridized carbons (Fsp3) is 0.0476. The van der Waals surface area contributed by atoms with Crippen molar-refractivity contribution in [2.45, 2.75) is 6.92 Å². The third-order valence-corrected chi connectivity index (χ3v) is 6.02. The van der Waals surface area contributed by atoms with Gasteiger partial charge < -0.3 is 4.42 Å². The minimum Gasteiger partial charge on any atom is -0.265 e. The van der Waals surface area contributed by atoms with Crippen LogP contribution in [-0.2, 0) is 45.3 Å². The Labute approximate surface area is 205 Å². The van der Waals surface area contributed by atoms with Crippen LogP contribution in [-0.4, -0.2) is 29.6 Å². The Hall–Kier alpha value is -3.46. The van der Waals surface area contributed by atoms with Gasteiger partial charge in [-0.3, -0.25) is 14.8 Å². The third kappa shape index (κ3) is 15.1. The van der Waals surface area contributed by atoms with Crippen LogP contribution in [0.1, 0.15) is 16.2 Å². The van der Waals surface area contributed by atoms with Gasteiger partial charge in [0.05, 0.1) is 0 Å². The molecule has 186 valence electrons. The molecule has 0 aliphatic rings. The Bertz CT molecular complexity index is 1220. The maximum Gasteiger partial charge on any atom is 0.0267 e. The first-order valence-corrected chi connectivity index (χ1v) is 13.6. The van der Waals surface area contributed by atoms with Gasteiger partial charge in [0.2, 0.25) is 5.89 Å². The van der Waals surface area contributed by atoms with E-state index in [1.807, 2.05) is 66.7 Å². The molecule has 0 spiro atoms. The molecule has 35 heavy (non-hydrogen) atoms. The van der Waals surface area contributed by atoms with Crippen molar-refractivity contribution in [3.63, 3.8) is 0 Å². The molecule has 3 heterocycles. The van der Waals surface area contributed by atoms with Crippen molar-refractivity contribution < 1.29 is 62.8 Å². The number of pyridine rings is 2. The quantitative estimate of drug-likeness (QED) is 0.346. The molecule has 0 saturated heterocycles. The number of aromatic nitrogens is 3. The monoisotopic (exact) mass is 563 g/mol. The van der Waals surface area contributed by atoms with E-state index in [2.05, 4.69) is 17.8 Å². The van der Waals surface area contributed by atoms with Gasteiger partial charge in [-0.2, -0.15) is 0 Å². The van der Waals surface area contributed by atoms with Crippen LogP contribution in [0, 0.1) is 6.92 Å². The van der Waals surface area contributed by atoms with Crippen LogP contribution in [0.2, 0.25) is 0 Å². The minimum absolute atomic E-state index is 0.365. The van der Waals surface area contributed by atoms with E-state index in [1.165, 1.54) is 0 Å². The maximum atomic E-state index is 10.5. The van der Waals surface area contributed by atoms with Crippen LogP contribution in [0.4, 0.5) is 0 Å². The number of nitrogens with zero attached hydrogens (tertiary/aromatic N) is 3. The molecule has 0 atom stereocenters. The summed E-state index contributed by atoms with van der Waals surface area (Å²) in [5.74, 6) is 1.05. The Balaban J connectivity index is 0.000000251. The third-order valence-electron chi connectivity index (χ3n) is 3.27. The zero-order chi connectivity index (χ0) is 26.2. The molecule has 0 aliphatic heterocycles. The molecular weight excluding hydrogens is 542 g/mol. The van der Waals surface area contributed by atoms with E-state index in [-0.39, 0.29) is 0 Å². The summed E-state index contributed by atoms with van der Waals surface area (Å²) in [6.07, 6.45) is 7.70. The summed E-state index contributed by atoms with van der Waals surface area (Å²) in [6.45, 7) is 1.73. The van der Waals surface area contributed by atoms with Crippen LogP contribution < -0.4 is 0 Å². The molecule has 0 aliphatic carbocycles. The molecule has 4 rings (SSSR count). The zero-order valence-electron chi connectivity index (χ0n) is 18.1. The number of carbonyl (C=O) groups is 1. The van der Waals surface area contributed by atoms with Crippen LogP contribution in [0.5, 0.6) is 0 Å². The number of carbonyl (C=O) groups excluding carboxylic acids is 1. The van der Waals surface area contributed by atoms with Gasteiger partial charge in [-0.15, -0.1) is 0 Å². The van der Waals surface area contributed by atoms with E-state index >= 15 is 0 Å². The number of hydrogen-bond donors (Lipinski definition) is 2. The average molecular weight is 563 g/mol. The molecule has 12 nitrogen and oxygen atoms in total. The molecule has 0 bridgehead atoms. The Morgan fingerprint density at radius 1 is 0.771 bits per heavy atom. The zero-order valence-corrected chi connectivity index (χ0v) is 20.7. The number of oxazole rings is 1. The molecule has 0 fully saturated rings. The summed E-state index contributed by atoms with van der Waals surface area (Å²) >= 11 is -11.5. The normalized spacial score (nSPS) is 10.3. The Morgan fingerprint density at radius 3 is 1.46 bits per heavy atom. The predicted octanol–water partition coefficient (Wildman–Crippen LogP) is 2.96. The van der Waals surface area contributed by atoms with Gasteiger partial charge in [0.1, 0.15) is 11.5 Å². The number of aldehydes is 1. The van der Waals surface area contributed by atoms with Gasteiger partial charge in [-0.1, -0.05) is 30.3 Å². The number of benzene rings is 1. The molecule has 0 unspecified atom stereocenters. The average Bonchev–Trinajstić information content (AvgIpc) is 3.21. The fourth-order valence-electron chi connectivity index (χ4n) is 1.96. The number of aryl methyl sites for hydroxylation is 1. The topological polar surface area (TPSA) is 187 Å². The van der Waals surface area contributed by atoms with Crippen molar-refractivity contribution in [2.75, 3.05) is 0 Å². The van der Waals surface area contributed by atoms with Crippen molar-refractivity contribution >= 4 is 6.29 Å². The smallest absolute Gasteiger partial charge is 0.0267 e. The van der Waals surface area contributed by atoms with E-state index < -0.39 is 27.2 Å². The standard InChI is InChI=1S/C11H9NO2.2C5H5N.2Cr.2H2O.5O/c1-8-10(7-13)12-11(14-8)9-5-3-2-4-6-9;2*1-2-4-6-5-3-1;;;;;;;;;/h2-7H,1H3;2*1-5H;;;2*1H2;;;;;/q;;;2*+1;;;;;;;/p-2. The second-order valence-electron chi connectivity index (χ2n) is 5.92. The summed E-state index contributed by atoms with van der Waals surface area (Å²) in [5, 5.41) is 0. The van der Waals surface area contributed by atoms with E-state index in [4.69, 9.17) is 12.7 Å². The predicted molar refractivity (Wildman–Crippen MR) is 109 cm³/mol. The second-order valence-corrected chi connectivity index (χ2v) is 9.68. The summed E-state index contributed by atoms with van der Waals surface area (Å²) in [6, 6.07) is 20.9. The summed E-state index contributed by atoms with van der Waals surface area (Å²) in [5.41, 5.74) is 1.24. The largest absolute Gasteiger partial charge is 0.265 e. The van der Waals surface area contributed by atoms with Gasteiger partial charge in [-0.25, -0.2) is 4.98 Å². The van der Waals surface area contributed by atoms with Gasteiger partial charge in [0, 0.05) is 30.4 Å². The first-order chi connectivity index (χ1) is 16.5. The van der Waals surface area contributed by atoms with Crippen molar-refractivity contribution in [1.82, 2.24) is 15.0 Å². The first kappa shape index (κ1) is 29.6. The van der Waals surface area contributed by atoms with Gasteiger partial charge >= 0.3 is 53.6 Å². The number of hydrogen-bond acceptors (Lipinski definition) is 10. The van der Waals surface area contributed by atoms with E-state index in [9.17, 15) is 20.0 Å². The van der Waals surface area contributed by atoms with Crippen molar-refractivity contribution in [3.05, 3.63) is 103 Å². The summed E-state index contributed by atoms with van der Waals surface area (Å²) in [4.78, 5) is 22.2. The molecule has 3 aromatic heterocycles. The van der Waals surface area contributed by atoms with Crippen LogP contribution in [0.3, 0.4) is 0 Å². The Morgan fingerprint density at radius 2 is 1.20 bits per heavy atom. The van der Waals surface area contributed by atoms with Crippen LogP contribution >= 0.6 is 0 Å². The maximum absolute atomic E-state index is 10.5.